The summed E-state index contributed by atoms with van der Waals surface area (Å²) in [6.45, 7) is 6.46. The largest absolute Gasteiger partial charge is 0.477 e. The highest BCUT2D eigenvalue weighted by molar-refractivity contribution is 7.09. The van der Waals surface area contributed by atoms with Gasteiger partial charge in [-0.25, -0.2) is 15.8 Å². The third-order valence-corrected chi connectivity index (χ3v) is 4.01. The van der Waals surface area contributed by atoms with E-state index in [0.717, 1.165) is 24.1 Å². The first-order valence-corrected chi connectivity index (χ1v) is 7.39. The highest BCUT2D eigenvalue weighted by Crippen LogP contribution is 2.22. The predicted octanol–water partition coefficient (Wildman–Crippen LogP) is 2.02. The lowest BCUT2D eigenvalue weighted by molar-refractivity contribution is 0.306. The van der Waals surface area contributed by atoms with Gasteiger partial charge in [0.2, 0.25) is 5.88 Å². The van der Waals surface area contributed by atoms with Crippen molar-refractivity contribution >= 4 is 17.2 Å². The summed E-state index contributed by atoms with van der Waals surface area (Å²) in [6, 6.07) is 0. The Kier molecular flexibility index (Phi) is 4.86. The van der Waals surface area contributed by atoms with Crippen LogP contribution in [-0.2, 0) is 12.8 Å². The molecule has 0 atom stereocenters. The molecule has 6 nitrogen and oxygen atoms in total. The Morgan fingerprint density at radius 2 is 2.15 bits per heavy atom. The molecule has 20 heavy (non-hydrogen) atoms. The van der Waals surface area contributed by atoms with Crippen LogP contribution in [0.3, 0.4) is 0 Å². The molecule has 108 valence electrons. The molecule has 0 saturated carbocycles. The number of hydrazine groups is 1. The van der Waals surface area contributed by atoms with Gasteiger partial charge < -0.3 is 10.2 Å². The van der Waals surface area contributed by atoms with Gasteiger partial charge in [-0.05, 0) is 13.8 Å². The van der Waals surface area contributed by atoms with Gasteiger partial charge in [0.1, 0.15) is 11.6 Å². The van der Waals surface area contributed by atoms with E-state index in [1.807, 2.05) is 26.3 Å². The zero-order chi connectivity index (χ0) is 14.5. The van der Waals surface area contributed by atoms with E-state index in [-0.39, 0.29) is 0 Å². The van der Waals surface area contributed by atoms with E-state index in [1.54, 1.807) is 11.3 Å². The fourth-order valence-electron chi connectivity index (χ4n) is 1.79. The molecule has 7 heteroatoms. The Hall–Kier alpha value is -1.73. The number of rotatable bonds is 6. The third-order valence-electron chi connectivity index (χ3n) is 3.01. The van der Waals surface area contributed by atoms with E-state index in [1.165, 1.54) is 4.88 Å². The second kappa shape index (κ2) is 6.62. The Balaban J connectivity index is 2.07. The van der Waals surface area contributed by atoms with Crippen LogP contribution in [0.25, 0.3) is 0 Å². The molecule has 2 aromatic heterocycles. The van der Waals surface area contributed by atoms with Crippen molar-refractivity contribution in [3.05, 3.63) is 27.5 Å². The Morgan fingerprint density at radius 3 is 2.75 bits per heavy atom. The van der Waals surface area contributed by atoms with Crippen LogP contribution in [0.2, 0.25) is 0 Å². The number of nitrogens with zero attached hydrogens (tertiary/aromatic N) is 3. The van der Waals surface area contributed by atoms with Gasteiger partial charge in [0.25, 0.3) is 0 Å². The molecular weight excluding hydrogens is 274 g/mol. The summed E-state index contributed by atoms with van der Waals surface area (Å²) in [6.07, 6.45) is 1.56. The molecule has 0 radical (unpaired) electrons. The summed E-state index contributed by atoms with van der Waals surface area (Å²) in [5.41, 5.74) is 6.33. The van der Waals surface area contributed by atoms with Crippen LogP contribution >= 0.6 is 11.3 Å². The number of aryl methyl sites for hydroxylation is 2. The molecular formula is C13H19N5OS. The number of anilines is 1. The molecule has 0 saturated heterocycles. The number of nitrogens with two attached hydrogens (primary N) is 1. The molecule has 3 N–H and O–H groups in total. The van der Waals surface area contributed by atoms with Gasteiger partial charge in [-0.15, -0.1) is 11.3 Å². The third kappa shape index (κ3) is 3.23. The molecule has 0 fully saturated rings. The monoisotopic (exact) mass is 293 g/mol. The zero-order valence-electron chi connectivity index (χ0n) is 11.9. The van der Waals surface area contributed by atoms with E-state index in [2.05, 4.69) is 20.4 Å². The maximum absolute atomic E-state index is 5.78. The number of thiazole rings is 1. The SMILES string of the molecule is CCc1nc(NN)c(C)c(OCCc2scnc2C)n1. The molecule has 0 bridgehead atoms. The van der Waals surface area contributed by atoms with Gasteiger partial charge in [0.05, 0.1) is 23.4 Å². The molecule has 0 aromatic carbocycles. The molecule has 2 rings (SSSR count). The van der Waals surface area contributed by atoms with Gasteiger partial charge in [0.15, 0.2) is 0 Å². The molecule has 0 spiro atoms. The van der Waals surface area contributed by atoms with Crippen molar-refractivity contribution in [3.8, 4) is 5.88 Å². The van der Waals surface area contributed by atoms with Crippen LogP contribution in [0.15, 0.2) is 5.51 Å². The van der Waals surface area contributed by atoms with Gasteiger partial charge in [-0.2, -0.15) is 4.98 Å². The smallest absolute Gasteiger partial charge is 0.221 e. The zero-order valence-corrected chi connectivity index (χ0v) is 12.8. The van der Waals surface area contributed by atoms with E-state index in [4.69, 9.17) is 10.6 Å². The van der Waals surface area contributed by atoms with Crippen molar-refractivity contribution in [2.75, 3.05) is 12.0 Å². The first kappa shape index (κ1) is 14.7. The van der Waals surface area contributed by atoms with E-state index >= 15 is 0 Å². The maximum Gasteiger partial charge on any atom is 0.221 e. The standard InChI is InChI=1S/C13H19N5OS/c1-4-11-16-12(18-14)8(2)13(17-11)19-6-5-10-9(3)15-7-20-10/h7H,4-6,14H2,1-3H3,(H,16,17,18). The first-order chi connectivity index (χ1) is 9.65. The molecule has 0 amide bonds. The quantitative estimate of drug-likeness (QED) is 0.626. The number of nitrogen functional groups attached to an aromatic ring is 1. The Labute approximate surface area is 122 Å². The van der Waals surface area contributed by atoms with Crippen molar-refractivity contribution in [1.29, 1.82) is 0 Å². The molecule has 0 aliphatic rings. The molecule has 2 heterocycles. The summed E-state index contributed by atoms with van der Waals surface area (Å²) in [5.74, 6) is 7.38. The van der Waals surface area contributed by atoms with Gasteiger partial charge >= 0.3 is 0 Å². The predicted molar refractivity (Wildman–Crippen MR) is 80.0 cm³/mol. The van der Waals surface area contributed by atoms with Crippen molar-refractivity contribution < 1.29 is 4.74 Å². The minimum atomic E-state index is 0.564. The maximum atomic E-state index is 5.78. The van der Waals surface area contributed by atoms with Gasteiger partial charge in [-0.3, -0.25) is 0 Å². The highest BCUT2D eigenvalue weighted by atomic mass is 32.1. The number of aromatic nitrogens is 3. The summed E-state index contributed by atoms with van der Waals surface area (Å²) in [5, 5.41) is 0. The number of ether oxygens (including phenoxy) is 1. The van der Waals surface area contributed by atoms with Crippen LogP contribution in [0.5, 0.6) is 5.88 Å². The molecule has 0 unspecified atom stereocenters. The van der Waals surface area contributed by atoms with Crippen LogP contribution in [0.1, 0.15) is 28.9 Å². The van der Waals surface area contributed by atoms with Gasteiger partial charge in [-0.1, -0.05) is 6.92 Å². The van der Waals surface area contributed by atoms with Crippen molar-refractivity contribution in [1.82, 2.24) is 15.0 Å². The fourth-order valence-corrected chi connectivity index (χ4v) is 2.55. The normalized spacial score (nSPS) is 10.6. The first-order valence-electron chi connectivity index (χ1n) is 6.51. The topological polar surface area (TPSA) is 86.0 Å². The summed E-state index contributed by atoms with van der Waals surface area (Å²) in [7, 11) is 0. The Bertz CT molecular complexity index is 584. The van der Waals surface area contributed by atoms with E-state index in [0.29, 0.717) is 24.1 Å². The summed E-state index contributed by atoms with van der Waals surface area (Å²) < 4.78 is 5.78. The van der Waals surface area contributed by atoms with Crippen LogP contribution in [0, 0.1) is 13.8 Å². The van der Waals surface area contributed by atoms with E-state index in [9.17, 15) is 0 Å². The second-order valence-corrected chi connectivity index (χ2v) is 5.32. The van der Waals surface area contributed by atoms with Crippen LogP contribution in [-0.4, -0.2) is 21.6 Å². The fraction of sp³-hybridized carbons (Fsp3) is 0.462. The summed E-state index contributed by atoms with van der Waals surface area (Å²) in [4.78, 5) is 14.2. The van der Waals surface area contributed by atoms with E-state index < -0.39 is 0 Å². The lowest BCUT2D eigenvalue weighted by atomic mass is 10.3. The summed E-state index contributed by atoms with van der Waals surface area (Å²) >= 11 is 1.65. The number of hydrogen-bond acceptors (Lipinski definition) is 7. The van der Waals surface area contributed by atoms with Crippen LogP contribution < -0.4 is 16.0 Å². The molecule has 2 aromatic rings. The lowest BCUT2D eigenvalue weighted by Crippen LogP contribution is -2.14. The second-order valence-electron chi connectivity index (χ2n) is 4.38. The number of nitrogens with one attached hydrogen (secondary N) is 1. The molecule has 0 aliphatic heterocycles. The average Bonchev–Trinajstić information content (AvgIpc) is 2.86. The van der Waals surface area contributed by atoms with Gasteiger partial charge in [0, 0.05) is 17.7 Å². The van der Waals surface area contributed by atoms with Crippen LogP contribution in [0.4, 0.5) is 5.82 Å². The minimum absolute atomic E-state index is 0.564. The number of hydrogen-bond donors (Lipinski definition) is 2. The minimum Gasteiger partial charge on any atom is -0.477 e. The van der Waals surface area contributed by atoms with Crippen molar-refractivity contribution in [2.24, 2.45) is 5.84 Å². The van der Waals surface area contributed by atoms with Crippen molar-refractivity contribution in [3.63, 3.8) is 0 Å². The highest BCUT2D eigenvalue weighted by Gasteiger charge is 2.11. The van der Waals surface area contributed by atoms with Crippen molar-refractivity contribution in [2.45, 2.75) is 33.6 Å². The average molecular weight is 293 g/mol. The molecule has 0 aliphatic carbocycles. The Morgan fingerprint density at radius 1 is 1.35 bits per heavy atom. The lowest BCUT2D eigenvalue weighted by Gasteiger charge is -2.12.